The Hall–Kier alpha value is -1.81. The van der Waals surface area contributed by atoms with Crippen molar-refractivity contribution in [1.82, 2.24) is 0 Å². The van der Waals surface area contributed by atoms with Gasteiger partial charge in [-0.1, -0.05) is 44.0 Å². The summed E-state index contributed by atoms with van der Waals surface area (Å²) >= 11 is 3.43. The molecular weight excluding hydrogens is 342 g/mol. The number of ether oxygens (including phenoxy) is 1. The molecule has 1 N–H and O–H groups in total. The van der Waals surface area contributed by atoms with E-state index in [4.69, 9.17) is 4.74 Å². The third-order valence-electron chi connectivity index (χ3n) is 3.26. The smallest absolute Gasteiger partial charge is 0.259 e. The van der Waals surface area contributed by atoms with E-state index in [1.807, 2.05) is 42.5 Å². The Morgan fingerprint density at radius 1 is 1.09 bits per heavy atom. The monoisotopic (exact) mass is 361 g/mol. The Labute approximate surface area is 139 Å². The number of nitrogens with one attached hydrogen (secondary N) is 1. The van der Waals surface area contributed by atoms with E-state index in [9.17, 15) is 4.79 Å². The minimum absolute atomic E-state index is 0.169. The van der Waals surface area contributed by atoms with E-state index in [1.54, 1.807) is 6.07 Å². The molecular formula is C18H20BrNO2. The lowest BCUT2D eigenvalue weighted by atomic mass is 10.2. The normalized spacial score (nSPS) is 10.3. The lowest BCUT2D eigenvalue weighted by Crippen LogP contribution is -2.14. The van der Waals surface area contributed by atoms with Crippen molar-refractivity contribution >= 4 is 27.5 Å². The molecule has 0 saturated carbocycles. The van der Waals surface area contributed by atoms with Gasteiger partial charge in [-0.15, -0.1) is 0 Å². The first-order chi connectivity index (χ1) is 10.7. The van der Waals surface area contributed by atoms with Crippen molar-refractivity contribution in [2.75, 3.05) is 11.9 Å². The van der Waals surface area contributed by atoms with Gasteiger partial charge in [0.1, 0.15) is 5.75 Å². The summed E-state index contributed by atoms with van der Waals surface area (Å²) in [4.78, 5) is 12.5. The van der Waals surface area contributed by atoms with Crippen LogP contribution in [0.15, 0.2) is 53.0 Å². The molecule has 0 aromatic heterocycles. The van der Waals surface area contributed by atoms with Crippen molar-refractivity contribution in [2.24, 2.45) is 0 Å². The maximum absolute atomic E-state index is 12.5. The number of unbranched alkanes of at least 4 members (excludes halogenated alkanes) is 2. The third kappa shape index (κ3) is 4.60. The van der Waals surface area contributed by atoms with Gasteiger partial charge in [-0.25, -0.2) is 0 Å². The Balaban J connectivity index is 2.07. The van der Waals surface area contributed by atoms with Crippen LogP contribution in [0.3, 0.4) is 0 Å². The zero-order valence-electron chi connectivity index (χ0n) is 12.6. The molecule has 0 bridgehead atoms. The molecule has 0 aliphatic carbocycles. The summed E-state index contributed by atoms with van der Waals surface area (Å²) < 4.78 is 6.61. The Morgan fingerprint density at radius 3 is 2.59 bits per heavy atom. The second-order valence-corrected chi connectivity index (χ2v) is 5.84. The Bertz CT molecular complexity index is 628. The van der Waals surface area contributed by atoms with Gasteiger partial charge in [-0.05, 0) is 46.6 Å². The van der Waals surface area contributed by atoms with E-state index >= 15 is 0 Å². The number of anilines is 1. The highest BCUT2D eigenvalue weighted by Crippen LogP contribution is 2.24. The first-order valence-corrected chi connectivity index (χ1v) is 8.29. The van der Waals surface area contributed by atoms with Crippen LogP contribution >= 0.6 is 15.9 Å². The van der Waals surface area contributed by atoms with Crippen LogP contribution in [0.2, 0.25) is 0 Å². The predicted molar refractivity (Wildman–Crippen MR) is 93.6 cm³/mol. The average Bonchev–Trinajstić information content (AvgIpc) is 2.54. The van der Waals surface area contributed by atoms with E-state index in [0.29, 0.717) is 17.9 Å². The zero-order chi connectivity index (χ0) is 15.8. The summed E-state index contributed by atoms with van der Waals surface area (Å²) in [7, 11) is 0. The highest BCUT2D eigenvalue weighted by Gasteiger charge is 2.13. The molecule has 2 aromatic rings. The van der Waals surface area contributed by atoms with Gasteiger partial charge in [0, 0.05) is 4.47 Å². The van der Waals surface area contributed by atoms with Crippen LogP contribution in [0, 0.1) is 0 Å². The first-order valence-electron chi connectivity index (χ1n) is 7.50. The number of hydrogen-bond acceptors (Lipinski definition) is 2. The van der Waals surface area contributed by atoms with Gasteiger partial charge in [0.2, 0.25) is 0 Å². The van der Waals surface area contributed by atoms with Crippen LogP contribution in [0.4, 0.5) is 5.69 Å². The van der Waals surface area contributed by atoms with E-state index in [0.717, 1.165) is 29.4 Å². The van der Waals surface area contributed by atoms with Crippen LogP contribution in [-0.4, -0.2) is 12.5 Å². The molecule has 116 valence electrons. The number of para-hydroxylation sites is 2. The number of amides is 1. The van der Waals surface area contributed by atoms with Crippen molar-refractivity contribution < 1.29 is 9.53 Å². The van der Waals surface area contributed by atoms with Gasteiger partial charge >= 0.3 is 0 Å². The van der Waals surface area contributed by atoms with E-state index < -0.39 is 0 Å². The first kappa shape index (κ1) is 16.6. The van der Waals surface area contributed by atoms with Crippen molar-refractivity contribution in [1.29, 1.82) is 0 Å². The molecule has 2 rings (SSSR count). The summed E-state index contributed by atoms with van der Waals surface area (Å²) in [5, 5.41) is 2.90. The fraction of sp³-hybridized carbons (Fsp3) is 0.278. The van der Waals surface area contributed by atoms with E-state index in [-0.39, 0.29) is 5.91 Å². The molecule has 0 spiro atoms. The number of hydrogen-bond donors (Lipinski definition) is 1. The van der Waals surface area contributed by atoms with Crippen molar-refractivity contribution in [3.63, 3.8) is 0 Å². The highest BCUT2D eigenvalue weighted by atomic mass is 79.9. The predicted octanol–water partition coefficient (Wildman–Crippen LogP) is 5.27. The molecule has 3 nitrogen and oxygen atoms in total. The molecule has 1 amide bonds. The second kappa shape index (κ2) is 8.59. The molecule has 0 atom stereocenters. The number of halogens is 1. The number of benzene rings is 2. The molecule has 4 heteroatoms. The second-order valence-electron chi connectivity index (χ2n) is 4.99. The molecule has 0 radical (unpaired) electrons. The lowest BCUT2D eigenvalue weighted by molar-refractivity contribution is 0.102. The SMILES string of the molecule is CCCCCOc1ccccc1C(=O)Nc1ccccc1Br. The van der Waals surface area contributed by atoms with Crippen LogP contribution in [-0.2, 0) is 0 Å². The number of carbonyl (C=O) groups is 1. The number of carbonyl (C=O) groups excluding carboxylic acids is 1. The zero-order valence-corrected chi connectivity index (χ0v) is 14.2. The number of rotatable bonds is 7. The summed E-state index contributed by atoms with van der Waals surface area (Å²) in [6.45, 7) is 2.78. The summed E-state index contributed by atoms with van der Waals surface area (Å²) in [5.41, 5.74) is 1.29. The molecule has 0 aliphatic rings. The fourth-order valence-corrected chi connectivity index (χ4v) is 2.45. The Kier molecular flexibility index (Phi) is 6.46. The molecule has 2 aromatic carbocycles. The molecule has 0 unspecified atom stereocenters. The molecule has 0 heterocycles. The maximum atomic E-state index is 12.5. The van der Waals surface area contributed by atoms with Crippen LogP contribution < -0.4 is 10.1 Å². The third-order valence-corrected chi connectivity index (χ3v) is 3.95. The van der Waals surface area contributed by atoms with Crippen LogP contribution in [0.5, 0.6) is 5.75 Å². The van der Waals surface area contributed by atoms with Crippen molar-refractivity contribution in [3.05, 3.63) is 58.6 Å². The summed E-state index contributed by atoms with van der Waals surface area (Å²) in [5.74, 6) is 0.459. The molecule has 0 saturated heterocycles. The maximum Gasteiger partial charge on any atom is 0.259 e. The van der Waals surface area contributed by atoms with Crippen LogP contribution in [0.25, 0.3) is 0 Å². The minimum atomic E-state index is -0.169. The van der Waals surface area contributed by atoms with Gasteiger partial charge in [-0.3, -0.25) is 4.79 Å². The van der Waals surface area contributed by atoms with Crippen LogP contribution in [0.1, 0.15) is 36.5 Å². The van der Waals surface area contributed by atoms with Crippen molar-refractivity contribution in [2.45, 2.75) is 26.2 Å². The van der Waals surface area contributed by atoms with Gasteiger partial charge in [0.25, 0.3) is 5.91 Å². The molecule has 0 fully saturated rings. The topological polar surface area (TPSA) is 38.3 Å². The standard InChI is InChI=1S/C18H20BrNO2/c1-2-3-8-13-22-17-12-7-4-9-14(17)18(21)20-16-11-6-5-10-15(16)19/h4-7,9-12H,2-3,8,13H2,1H3,(H,20,21). The quantitative estimate of drug-likeness (QED) is 0.682. The van der Waals surface area contributed by atoms with E-state index in [2.05, 4.69) is 28.2 Å². The largest absolute Gasteiger partial charge is 0.493 e. The fourth-order valence-electron chi connectivity index (χ4n) is 2.07. The summed E-state index contributed by atoms with van der Waals surface area (Å²) in [6.07, 6.45) is 3.27. The van der Waals surface area contributed by atoms with Gasteiger partial charge in [0.05, 0.1) is 17.9 Å². The summed E-state index contributed by atoms with van der Waals surface area (Å²) in [6, 6.07) is 14.9. The van der Waals surface area contributed by atoms with Gasteiger partial charge < -0.3 is 10.1 Å². The minimum Gasteiger partial charge on any atom is -0.493 e. The molecule has 0 aliphatic heterocycles. The van der Waals surface area contributed by atoms with Gasteiger partial charge in [-0.2, -0.15) is 0 Å². The lowest BCUT2D eigenvalue weighted by Gasteiger charge is -2.12. The van der Waals surface area contributed by atoms with E-state index in [1.165, 1.54) is 0 Å². The van der Waals surface area contributed by atoms with Crippen molar-refractivity contribution in [3.8, 4) is 5.75 Å². The average molecular weight is 362 g/mol. The van der Waals surface area contributed by atoms with Gasteiger partial charge in [0.15, 0.2) is 0 Å². The highest BCUT2D eigenvalue weighted by molar-refractivity contribution is 9.10. The Morgan fingerprint density at radius 2 is 1.82 bits per heavy atom. The molecule has 22 heavy (non-hydrogen) atoms.